The van der Waals surface area contributed by atoms with Crippen LogP contribution in [0.25, 0.3) is 0 Å². The fourth-order valence-corrected chi connectivity index (χ4v) is 1.42. The number of rotatable bonds is 1. The minimum Gasteiger partial charge on any atom is -0.478 e. The molecule has 1 aromatic rings. The molecule has 0 radical (unpaired) electrons. The van der Waals surface area contributed by atoms with Gasteiger partial charge in [0.05, 0.1) is 5.56 Å². The van der Waals surface area contributed by atoms with Crippen LogP contribution < -0.4 is 0 Å². The Bertz CT molecular complexity index is 336. The molecule has 4 heteroatoms. The second kappa shape index (κ2) is 3.23. The van der Waals surface area contributed by atoms with Crippen molar-refractivity contribution in [2.24, 2.45) is 0 Å². The molecular weight excluding hydrogens is 222 g/mol. The number of aromatic nitrogens is 1. The fourth-order valence-electron chi connectivity index (χ4n) is 0.921. The smallest absolute Gasteiger partial charge is 0.336 e. The first kappa shape index (κ1) is 9.19. The molecule has 1 N–H and O–H groups in total. The molecule has 0 aliphatic carbocycles. The van der Waals surface area contributed by atoms with Crippen LogP contribution >= 0.6 is 15.9 Å². The lowest BCUT2D eigenvalue weighted by atomic mass is 10.1. The molecule has 0 amide bonds. The Morgan fingerprint density at radius 2 is 2.17 bits per heavy atom. The third kappa shape index (κ3) is 1.64. The van der Waals surface area contributed by atoms with Crippen molar-refractivity contribution in [3.05, 3.63) is 27.5 Å². The van der Waals surface area contributed by atoms with E-state index < -0.39 is 5.97 Å². The number of carboxylic acids is 1. The highest BCUT2D eigenvalue weighted by Crippen LogP contribution is 2.16. The number of aryl methyl sites for hydroxylation is 1. The number of hydrogen-bond acceptors (Lipinski definition) is 2. The molecule has 1 heterocycles. The number of halogens is 1. The van der Waals surface area contributed by atoms with E-state index in [9.17, 15) is 4.79 Å². The predicted molar refractivity (Wildman–Crippen MR) is 48.4 cm³/mol. The van der Waals surface area contributed by atoms with Gasteiger partial charge in [0.2, 0.25) is 0 Å². The second-order valence-corrected chi connectivity index (χ2v) is 3.32. The van der Waals surface area contributed by atoms with Gasteiger partial charge in [-0.3, -0.25) is 0 Å². The van der Waals surface area contributed by atoms with Crippen LogP contribution in [0.3, 0.4) is 0 Å². The summed E-state index contributed by atoms with van der Waals surface area (Å²) in [4.78, 5) is 14.7. The maximum atomic E-state index is 10.7. The van der Waals surface area contributed by atoms with Crippen molar-refractivity contribution in [2.45, 2.75) is 13.8 Å². The number of aromatic carboxylic acids is 1. The highest BCUT2D eigenvalue weighted by Gasteiger charge is 2.10. The molecular formula is C8H8BrNO2. The van der Waals surface area contributed by atoms with E-state index >= 15 is 0 Å². The van der Waals surface area contributed by atoms with Gasteiger partial charge < -0.3 is 5.11 Å². The van der Waals surface area contributed by atoms with Gasteiger partial charge in [0.15, 0.2) is 0 Å². The minimum atomic E-state index is -0.918. The molecule has 0 atom stereocenters. The number of carbonyl (C=O) groups is 1. The summed E-state index contributed by atoms with van der Waals surface area (Å²) in [5.74, 6) is -0.918. The number of nitrogens with zero attached hydrogens (tertiary/aromatic N) is 1. The lowest BCUT2D eigenvalue weighted by Crippen LogP contribution is -2.03. The SMILES string of the molecule is Cc1nc(Br)cc(C(=O)O)c1C. The van der Waals surface area contributed by atoms with E-state index in [0.29, 0.717) is 15.7 Å². The normalized spacial score (nSPS) is 9.92. The van der Waals surface area contributed by atoms with E-state index in [-0.39, 0.29) is 0 Å². The Balaban J connectivity index is 3.37. The zero-order valence-electron chi connectivity index (χ0n) is 6.76. The molecule has 0 saturated carbocycles. The number of carboxylic acid groups (broad SMARTS) is 1. The molecule has 12 heavy (non-hydrogen) atoms. The van der Waals surface area contributed by atoms with Gasteiger partial charge in [0, 0.05) is 5.69 Å². The van der Waals surface area contributed by atoms with E-state index in [1.54, 1.807) is 13.8 Å². The molecule has 3 nitrogen and oxygen atoms in total. The first-order valence-electron chi connectivity index (χ1n) is 3.39. The highest BCUT2D eigenvalue weighted by atomic mass is 79.9. The van der Waals surface area contributed by atoms with Crippen LogP contribution in [0.5, 0.6) is 0 Å². The van der Waals surface area contributed by atoms with Crippen molar-refractivity contribution in [2.75, 3.05) is 0 Å². The standard InChI is InChI=1S/C8H8BrNO2/c1-4-5(2)10-7(9)3-6(4)8(11)12/h3H,1-2H3,(H,11,12). The molecule has 0 aliphatic rings. The number of hydrogen-bond donors (Lipinski definition) is 1. The molecule has 0 spiro atoms. The average molecular weight is 230 g/mol. The van der Waals surface area contributed by atoms with E-state index in [2.05, 4.69) is 20.9 Å². The van der Waals surface area contributed by atoms with Gasteiger partial charge in [-0.1, -0.05) is 0 Å². The molecule has 1 rings (SSSR count). The molecule has 1 aromatic heterocycles. The summed E-state index contributed by atoms with van der Waals surface area (Å²) in [6.45, 7) is 3.53. The zero-order valence-corrected chi connectivity index (χ0v) is 8.34. The van der Waals surface area contributed by atoms with Crippen molar-refractivity contribution >= 4 is 21.9 Å². The Labute approximate surface area is 78.6 Å². The van der Waals surface area contributed by atoms with Crippen LogP contribution in [0, 0.1) is 13.8 Å². The molecule has 0 fully saturated rings. The lowest BCUT2D eigenvalue weighted by Gasteiger charge is -2.03. The largest absolute Gasteiger partial charge is 0.478 e. The van der Waals surface area contributed by atoms with Gasteiger partial charge in [-0.05, 0) is 41.4 Å². The third-order valence-corrected chi connectivity index (χ3v) is 2.12. The van der Waals surface area contributed by atoms with Crippen molar-refractivity contribution in [1.29, 1.82) is 0 Å². The van der Waals surface area contributed by atoms with Crippen LogP contribution in [-0.2, 0) is 0 Å². The number of pyridine rings is 1. The quantitative estimate of drug-likeness (QED) is 0.752. The second-order valence-electron chi connectivity index (χ2n) is 2.51. The van der Waals surface area contributed by atoms with Gasteiger partial charge in [-0.25, -0.2) is 9.78 Å². The fraction of sp³-hybridized carbons (Fsp3) is 0.250. The van der Waals surface area contributed by atoms with Gasteiger partial charge in [0.25, 0.3) is 0 Å². The molecule has 0 unspecified atom stereocenters. The van der Waals surface area contributed by atoms with Gasteiger partial charge in [0.1, 0.15) is 4.60 Å². The lowest BCUT2D eigenvalue weighted by molar-refractivity contribution is 0.0695. The van der Waals surface area contributed by atoms with E-state index in [0.717, 1.165) is 5.69 Å². The monoisotopic (exact) mass is 229 g/mol. The first-order valence-corrected chi connectivity index (χ1v) is 4.18. The summed E-state index contributed by atoms with van der Waals surface area (Å²) in [5.41, 5.74) is 1.75. The molecule has 0 aromatic carbocycles. The summed E-state index contributed by atoms with van der Waals surface area (Å²) < 4.78 is 0.558. The third-order valence-electron chi connectivity index (χ3n) is 1.72. The van der Waals surface area contributed by atoms with E-state index in [1.807, 2.05) is 0 Å². The summed E-state index contributed by atoms with van der Waals surface area (Å²) in [6.07, 6.45) is 0. The van der Waals surface area contributed by atoms with E-state index in [4.69, 9.17) is 5.11 Å². The Kier molecular flexibility index (Phi) is 2.47. The Morgan fingerprint density at radius 3 is 2.67 bits per heavy atom. The zero-order chi connectivity index (χ0) is 9.30. The van der Waals surface area contributed by atoms with Gasteiger partial charge in [-0.2, -0.15) is 0 Å². The highest BCUT2D eigenvalue weighted by molar-refractivity contribution is 9.10. The molecule has 0 saturated heterocycles. The maximum Gasteiger partial charge on any atom is 0.336 e. The predicted octanol–water partition coefficient (Wildman–Crippen LogP) is 2.16. The van der Waals surface area contributed by atoms with Crippen molar-refractivity contribution in [1.82, 2.24) is 4.98 Å². The first-order chi connectivity index (χ1) is 5.52. The topological polar surface area (TPSA) is 50.2 Å². The van der Waals surface area contributed by atoms with Crippen LogP contribution in [-0.4, -0.2) is 16.1 Å². The molecule has 64 valence electrons. The summed E-state index contributed by atoms with van der Waals surface area (Å²) >= 11 is 3.14. The Hall–Kier alpha value is -0.900. The van der Waals surface area contributed by atoms with Crippen LogP contribution in [0.15, 0.2) is 10.7 Å². The summed E-state index contributed by atoms with van der Waals surface area (Å²) in [6, 6.07) is 1.50. The average Bonchev–Trinajstić information content (AvgIpc) is 1.96. The van der Waals surface area contributed by atoms with Crippen molar-refractivity contribution in [3.63, 3.8) is 0 Å². The van der Waals surface area contributed by atoms with E-state index in [1.165, 1.54) is 6.07 Å². The van der Waals surface area contributed by atoms with Gasteiger partial charge >= 0.3 is 5.97 Å². The summed E-state index contributed by atoms with van der Waals surface area (Å²) in [5, 5.41) is 8.77. The molecule has 0 bridgehead atoms. The van der Waals surface area contributed by atoms with Gasteiger partial charge in [-0.15, -0.1) is 0 Å². The summed E-state index contributed by atoms with van der Waals surface area (Å²) in [7, 11) is 0. The van der Waals surface area contributed by atoms with Crippen molar-refractivity contribution < 1.29 is 9.90 Å². The van der Waals surface area contributed by atoms with Crippen LogP contribution in [0.4, 0.5) is 0 Å². The van der Waals surface area contributed by atoms with Crippen LogP contribution in [0.2, 0.25) is 0 Å². The Morgan fingerprint density at radius 1 is 1.58 bits per heavy atom. The minimum absolute atomic E-state index is 0.300. The van der Waals surface area contributed by atoms with Crippen LogP contribution in [0.1, 0.15) is 21.6 Å². The maximum absolute atomic E-state index is 10.7. The molecule has 0 aliphatic heterocycles. The van der Waals surface area contributed by atoms with Crippen molar-refractivity contribution in [3.8, 4) is 0 Å².